The zero-order valence-electron chi connectivity index (χ0n) is 11.7. The number of anilines is 1. The second-order valence-corrected chi connectivity index (χ2v) is 4.99. The third-order valence-electron chi connectivity index (χ3n) is 3.53. The second-order valence-electron chi connectivity index (χ2n) is 4.99. The molecule has 0 saturated carbocycles. The monoisotopic (exact) mass is 279 g/mol. The van der Waals surface area contributed by atoms with Gasteiger partial charge in [0, 0.05) is 31.7 Å². The van der Waals surface area contributed by atoms with Crippen molar-refractivity contribution in [2.24, 2.45) is 5.92 Å². The first kappa shape index (κ1) is 14.4. The van der Waals surface area contributed by atoms with Crippen LogP contribution in [0.25, 0.3) is 0 Å². The van der Waals surface area contributed by atoms with E-state index in [1.807, 2.05) is 6.92 Å². The van der Waals surface area contributed by atoms with E-state index in [4.69, 9.17) is 5.73 Å². The number of rotatable bonds is 4. The van der Waals surface area contributed by atoms with Crippen LogP contribution in [0.15, 0.2) is 12.3 Å². The van der Waals surface area contributed by atoms with Crippen molar-refractivity contribution in [3.8, 4) is 0 Å². The maximum atomic E-state index is 12.1. The summed E-state index contributed by atoms with van der Waals surface area (Å²) < 4.78 is 1.54. The van der Waals surface area contributed by atoms with Crippen molar-refractivity contribution in [2.45, 2.75) is 26.3 Å². The van der Waals surface area contributed by atoms with Crippen molar-refractivity contribution in [2.75, 3.05) is 25.4 Å². The summed E-state index contributed by atoms with van der Waals surface area (Å²) in [4.78, 5) is 25.6. The van der Waals surface area contributed by atoms with E-state index in [0.29, 0.717) is 25.5 Å². The van der Waals surface area contributed by atoms with E-state index in [9.17, 15) is 9.59 Å². The molecule has 1 aliphatic rings. The number of hydrogen-bond donors (Lipinski definition) is 2. The molecule has 3 N–H and O–H groups in total. The Labute approximate surface area is 118 Å². The fourth-order valence-corrected chi connectivity index (χ4v) is 2.41. The van der Waals surface area contributed by atoms with Crippen LogP contribution in [0.1, 0.15) is 19.8 Å². The Hall–Kier alpha value is -2.05. The van der Waals surface area contributed by atoms with E-state index in [-0.39, 0.29) is 24.3 Å². The van der Waals surface area contributed by atoms with Crippen molar-refractivity contribution in [3.05, 3.63) is 12.3 Å². The molecular weight excluding hydrogens is 258 g/mol. The van der Waals surface area contributed by atoms with Crippen LogP contribution in [0.5, 0.6) is 0 Å². The lowest BCUT2D eigenvalue weighted by molar-refractivity contribution is -0.136. The Morgan fingerprint density at radius 1 is 1.45 bits per heavy atom. The summed E-state index contributed by atoms with van der Waals surface area (Å²) in [6, 6.07) is 1.66. The van der Waals surface area contributed by atoms with Crippen molar-refractivity contribution in [1.29, 1.82) is 0 Å². The Kier molecular flexibility index (Phi) is 4.60. The number of amides is 2. The van der Waals surface area contributed by atoms with E-state index in [2.05, 4.69) is 10.4 Å². The molecule has 0 aliphatic carbocycles. The van der Waals surface area contributed by atoms with E-state index in [0.717, 1.165) is 12.8 Å². The number of piperidine rings is 1. The molecule has 0 atom stereocenters. The van der Waals surface area contributed by atoms with Crippen LogP contribution in [0.3, 0.4) is 0 Å². The predicted molar refractivity (Wildman–Crippen MR) is 74.6 cm³/mol. The minimum atomic E-state index is 0.0162. The van der Waals surface area contributed by atoms with E-state index in [1.54, 1.807) is 17.2 Å². The third-order valence-corrected chi connectivity index (χ3v) is 3.53. The number of nitrogen functional groups attached to an aromatic ring is 1. The number of carbonyl (C=O) groups excluding carboxylic acids is 2. The first-order valence-electron chi connectivity index (χ1n) is 6.94. The highest BCUT2D eigenvalue weighted by molar-refractivity contribution is 5.80. The number of aromatic nitrogens is 2. The summed E-state index contributed by atoms with van der Waals surface area (Å²) in [6.07, 6.45) is 3.13. The average Bonchev–Trinajstić information content (AvgIpc) is 2.84. The van der Waals surface area contributed by atoms with Gasteiger partial charge in [-0.15, -0.1) is 0 Å². The summed E-state index contributed by atoms with van der Waals surface area (Å²) in [7, 11) is 0. The standard InChI is InChI=1S/C13H21N5O2/c1-2-15-13(20)10-3-6-17(7-4-10)12(19)9-18-8-5-11(14)16-18/h5,8,10H,2-4,6-7,9H2,1H3,(H2,14,16)(H,15,20). The summed E-state index contributed by atoms with van der Waals surface area (Å²) in [6.45, 7) is 4.00. The number of carbonyl (C=O) groups is 2. The SMILES string of the molecule is CCNC(=O)C1CCN(C(=O)Cn2ccc(N)n2)CC1. The molecule has 0 bridgehead atoms. The number of nitrogens with one attached hydrogen (secondary N) is 1. The largest absolute Gasteiger partial charge is 0.382 e. The van der Waals surface area contributed by atoms with Gasteiger partial charge in [0.2, 0.25) is 11.8 Å². The van der Waals surface area contributed by atoms with Gasteiger partial charge in [0.15, 0.2) is 0 Å². The fourth-order valence-electron chi connectivity index (χ4n) is 2.41. The van der Waals surface area contributed by atoms with Gasteiger partial charge < -0.3 is 16.0 Å². The predicted octanol–water partition coefficient (Wildman–Crippen LogP) is -0.160. The highest BCUT2D eigenvalue weighted by Gasteiger charge is 2.26. The van der Waals surface area contributed by atoms with Gasteiger partial charge in [0.25, 0.3) is 0 Å². The van der Waals surface area contributed by atoms with Crippen LogP contribution in [0.4, 0.5) is 5.82 Å². The van der Waals surface area contributed by atoms with E-state index in [1.165, 1.54) is 4.68 Å². The maximum Gasteiger partial charge on any atom is 0.244 e. The zero-order chi connectivity index (χ0) is 14.5. The summed E-state index contributed by atoms with van der Waals surface area (Å²) in [5.74, 6) is 0.550. The van der Waals surface area contributed by atoms with Gasteiger partial charge >= 0.3 is 0 Å². The third kappa shape index (κ3) is 3.49. The van der Waals surface area contributed by atoms with Crippen LogP contribution in [0, 0.1) is 5.92 Å². The van der Waals surface area contributed by atoms with Crippen LogP contribution in [0.2, 0.25) is 0 Å². The molecule has 1 aliphatic heterocycles. The molecule has 1 aromatic rings. The van der Waals surface area contributed by atoms with Crippen LogP contribution >= 0.6 is 0 Å². The Balaban J connectivity index is 1.81. The summed E-state index contributed by atoms with van der Waals surface area (Å²) in [5.41, 5.74) is 5.51. The van der Waals surface area contributed by atoms with Crippen molar-refractivity contribution < 1.29 is 9.59 Å². The zero-order valence-corrected chi connectivity index (χ0v) is 11.7. The molecule has 20 heavy (non-hydrogen) atoms. The van der Waals surface area contributed by atoms with Gasteiger partial charge in [-0.1, -0.05) is 0 Å². The lowest BCUT2D eigenvalue weighted by atomic mass is 9.96. The minimum absolute atomic E-state index is 0.0162. The van der Waals surface area contributed by atoms with Gasteiger partial charge in [0.1, 0.15) is 12.4 Å². The molecular formula is C13H21N5O2. The number of nitrogens with two attached hydrogens (primary N) is 1. The highest BCUT2D eigenvalue weighted by Crippen LogP contribution is 2.17. The minimum Gasteiger partial charge on any atom is -0.382 e. The topological polar surface area (TPSA) is 93.2 Å². The van der Waals surface area contributed by atoms with Gasteiger partial charge in [-0.05, 0) is 25.8 Å². The normalized spacial score (nSPS) is 16.1. The number of nitrogens with zero attached hydrogens (tertiary/aromatic N) is 3. The molecule has 0 radical (unpaired) electrons. The van der Waals surface area contributed by atoms with Crippen molar-refractivity contribution in [1.82, 2.24) is 20.0 Å². The number of likely N-dealkylation sites (tertiary alicyclic amines) is 1. The molecule has 110 valence electrons. The van der Waals surface area contributed by atoms with Gasteiger partial charge in [-0.2, -0.15) is 5.10 Å². The first-order chi connectivity index (χ1) is 9.60. The quantitative estimate of drug-likeness (QED) is 0.801. The lowest BCUT2D eigenvalue weighted by Crippen LogP contribution is -2.44. The Bertz CT molecular complexity index is 477. The summed E-state index contributed by atoms with van der Waals surface area (Å²) >= 11 is 0. The van der Waals surface area contributed by atoms with Gasteiger partial charge in [-0.3, -0.25) is 14.3 Å². The Morgan fingerprint density at radius 3 is 2.70 bits per heavy atom. The van der Waals surface area contributed by atoms with Gasteiger partial charge in [0.05, 0.1) is 0 Å². The molecule has 7 nitrogen and oxygen atoms in total. The molecule has 1 saturated heterocycles. The van der Waals surface area contributed by atoms with Crippen LogP contribution in [-0.4, -0.2) is 46.1 Å². The van der Waals surface area contributed by atoms with Gasteiger partial charge in [-0.25, -0.2) is 0 Å². The first-order valence-corrected chi connectivity index (χ1v) is 6.94. The van der Waals surface area contributed by atoms with E-state index >= 15 is 0 Å². The van der Waals surface area contributed by atoms with Crippen LogP contribution in [-0.2, 0) is 16.1 Å². The molecule has 0 aromatic carbocycles. The fraction of sp³-hybridized carbons (Fsp3) is 0.615. The molecule has 0 unspecified atom stereocenters. The lowest BCUT2D eigenvalue weighted by Gasteiger charge is -2.31. The van der Waals surface area contributed by atoms with E-state index < -0.39 is 0 Å². The van der Waals surface area contributed by atoms with Crippen LogP contribution < -0.4 is 11.1 Å². The molecule has 1 aromatic heterocycles. The van der Waals surface area contributed by atoms with Crippen molar-refractivity contribution >= 4 is 17.6 Å². The second kappa shape index (κ2) is 6.40. The smallest absolute Gasteiger partial charge is 0.244 e. The molecule has 2 rings (SSSR count). The average molecular weight is 279 g/mol. The summed E-state index contributed by atoms with van der Waals surface area (Å²) in [5, 5.41) is 6.83. The highest BCUT2D eigenvalue weighted by atomic mass is 16.2. The molecule has 2 amide bonds. The molecule has 7 heteroatoms. The number of hydrogen-bond acceptors (Lipinski definition) is 4. The Morgan fingerprint density at radius 2 is 2.15 bits per heavy atom. The molecule has 2 heterocycles. The van der Waals surface area contributed by atoms with Crippen molar-refractivity contribution in [3.63, 3.8) is 0 Å². The molecule has 1 fully saturated rings. The molecule has 0 spiro atoms. The maximum absolute atomic E-state index is 12.1.